The van der Waals surface area contributed by atoms with E-state index in [2.05, 4.69) is 15.5 Å². The van der Waals surface area contributed by atoms with Gasteiger partial charge in [0, 0.05) is 36.1 Å². The molecule has 2 aromatic rings. The van der Waals surface area contributed by atoms with Gasteiger partial charge < -0.3 is 10.2 Å². The summed E-state index contributed by atoms with van der Waals surface area (Å²) in [6.45, 7) is 1.50. The number of nitrogens with one attached hydrogen (secondary N) is 1. The van der Waals surface area contributed by atoms with Gasteiger partial charge in [0.25, 0.3) is 5.91 Å². The molecule has 4 rings (SSSR count). The number of likely N-dealkylation sites (tertiary alicyclic amines) is 1. The highest BCUT2D eigenvalue weighted by Gasteiger charge is 2.29. The predicted octanol–water partition coefficient (Wildman–Crippen LogP) is 4.73. The molecular weight excluding hydrogens is 408 g/mol. The Morgan fingerprint density at radius 2 is 1.86 bits per heavy atom. The van der Waals surface area contributed by atoms with Gasteiger partial charge in [-0.3, -0.25) is 9.59 Å². The number of aromatic nitrogens is 2. The first-order chi connectivity index (χ1) is 14.1. The van der Waals surface area contributed by atoms with Crippen molar-refractivity contribution in [2.24, 2.45) is 5.92 Å². The lowest BCUT2D eigenvalue weighted by Crippen LogP contribution is -2.39. The molecule has 1 atom stereocenters. The highest BCUT2D eigenvalue weighted by Crippen LogP contribution is 2.32. The van der Waals surface area contributed by atoms with Crippen molar-refractivity contribution in [3.05, 3.63) is 39.3 Å². The number of rotatable bonds is 5. The van der Waals surface area contributed by atoms with Crippen LogP contribution < -0.4 is 5.32 Å². The summed E-state index contributed by atoms with van der Waals surface area (Å²) in [7, 11) is 0. The van der Waals surface area contributed by atoms with Crippen LogP contribution in [0.25, 0.3) is 0 Å². The van der Waals surface area contributed by atoms with E-state index in [1.807, 2.05) is 4.90 Å². The lowest BCUT2D eigenvalue weighted by molar-refractivity contribution is -0.133. The third-order valence-electron chi connectivity index (χ3n) is 5.80. The third kappa shape index (κ3) is 5.14. The minimum Gasteiger partial charge on any atom is -0.342 e. The quantitative estimate of drug-likeness (QED) is 0.741. The molecule has 2 aliphatic rings. The van der Waals surface area contributed by atoms with Gasteiger partial charge in [0.05, 0.1) is 0 Å². The van der Waals surface area contributed by atoms with E-state index in [1.165, 1.54) is 37.0 Å². The highest BCUT2D eigenvalue weighted by molar-refractivity contribution is 7.13. The first-order valence-corrected chi connectivity index (χ1v) is 11.5. The van der Waals surface area contributed by atoms with Crippen molar-refractivity contribution < 1.29 is 9.59 Å². The molecule has 0 spiro atoms. The van der Waals surface area contributed by atoms with E-state index in [0.29, 0.717) is 34.6 Å². The molecule has 6 nitrogen and oxygen atoms in total. The molecule has 1 aromatic heterocycles. The summed E-state index contributed by atoms with van der Waals surface area (Å²) in [5, 5.41) is 13.0. The predicted molar refractivity (Wildman–Crippen MR) is 114 cm³/mol. The lowest BCUT2D eigenvalue weighted by Gasteiger charge is -2.32. The number of benzene rings is 1. The highest BCUT2D eigenvalue weighted by atomic mass is 35.5. The van der Waals surface area contributed by atoms with Gasteiger partial charge in [-0.25, -0.2) is 0 Å². The van der Waals surface area contributed by atoms with Crippen molar-refractivity contribution >= 4 is 40.4 Å². The van der Waals surface area contributed by atoms with Crippen LogP contribution in [0, 0.1) is 5.92 Å². The SMILES string of the molecule is O=C(Nc1ccc(Cl)cc1)c1nnc([C@@H]2CCCN(C(=O)CC3CCCC3)C2)s1. The minimum absolute atomic E-state index is 0.158. The first-order valence-electron chi connectivity index (χ1n) is 10.3. The summed E-state index contributed by atoms with van der Waals surface area (Å²) in [6, 6.07) is 6.94. The molecule has 2 amide bonds. The smallest absolute Gasteiger partial charge is 0.286 e. The average molecular weight is 433 g/mol. The van der Waals surface area contributed by atoms with Crippen LogP contribution in [0.3, 0.4) is 0 Å². The van der Waals surface area contributed by atoms with E-state index in [0.717, 1.165) is 24.4 Å². The Morgan fingerprint density at radius 1 is 1.10 bits per heavy atom. The van der Waals surface area contributed by atoms with Crippen LogP contribution in [0.4, 0.5) is 5.69 Å². The molecule has 2 heterocycles. The van der Waals surface area contributed by atoms with E-state index in [-0.39, 0.29) is 17.7 Å². The van der Waals surface area contributed by atoms with Crippen molar-refractivity contribution in [2.45, 2.75) is 50.9 Å². The normalized spacial score (nSPS) is 20.0. The lowest BCUT2D eigenvalue weighted by atomic mass is 9.97. The van der Waals surface area contributed by atoms with Gasteiger partial charge in [-0.1, -0.05) is 35.8 Å². The summed E-state index contributed by atoms with van der Waals surface area (Å²) >= 11 is 7.19. The van der Waals surface area contributed by atoms with Crippen molar-refractivity contribution in [1.82, 2.24) is 15.1 Å². The molecule has 0 bridgehead atoms. The van der Waals surface area contributed by atoms with Crippen LogP contribution in [0.2, 0.25) is 5.02 Å². The zero-order valence-electron chi connectivity index (χ0n) is 16.3. The molecule has 2 fully saturated rings. The number of carbonyl (C=O) groups excluding carboxylic acids is 2. The molecule has 8 heteroatoms. The fourth-order valence-electron chi connectivity index (χ4n) is 4.20. The average Bonchev–Trinajstić information content (AvgIpc) is 3.42. The fraction of sp³-hybridized carbons (Fsp3) is 0.524. The number of hydrogen-bond acceptors (Lipinski definition) is 5. The molecular formula is C21H25ClN4O2S. The van der Waals surface area contributed by atoms with Crippen molar-refractivity contribution in [1.29, 1.82) is 0 Å². The van der Waals surface area contributed by atoms with Gasteiger partial charge in [-0.15, -0.1) is 10.2 Å². The van der Waals surface area contributed by atoms with Crippen LogP contribution >= 0.6 is 22.9 Å². The summed E-state index contributed by atoms with van der Waals surface area (Å²) < 4.78 is 0. The van der Waals surface area contributed by atoms with Crippen LogP contribution in [0.5, 0.6) is 0 Å². The van der Waals surface area contributed by atoms with Crippen molar-refractivity contribution in [3.8, 4) is 0 Å². The molecule has 0 unspecified atom stereocenters. The zero-order chi connectivity index (χ0) is 20.2. The number of hydrogen-bond donors (Lipinski definition) is 1. The van der Waals surface area contributed by atoms with Crippen LogP contribution in [0.1, 0.15) is 65.7 Å². The summed E-state index contributed by atoms with van der Waals surface area (Å²) in [5.74, 6) is 0.714. The Balaban J connectivity index is 1.36. The Labute approximate surface area is 179 Å². The fourth-order valence-corrected chi connectivity index (χ4v) is 5.20. The van der Waals surface area contributed by atoms with E-state index < -0.39 is 0 Å². The summed E-state index contributed by atoms with van der Waals surface area (Å²) in [6.07, 6.45) is 7.50. The minimum atomic E-state index is -0.277. The Bertz CT molecular complexity index is 864. The van der Waals surface area contributed by atoms with E-state index >= 15 is 0 Å². The van der Waals surface area contributed by atoms with E-state index in [4.69, 9.17) is 11.6 Å². The topological polar surface area (TPSA) is 75.2 Å². The van der Waals surface area contributed by atoms with Crippen LogP contribution in [-0.2, 0) is 4.79 Å². The van der Waals surface area contributed by atoms with Crippen molar-refractivity contribution in [3.63, 3.8) is 0 Å². The van der Waals surface area contributed by atoms with Gasteiger partial charge in [0.1, 0.15) is 5.01 Å². The van der Waals surface area contributed by atoms with Gasteiger partial charge in [-0.05, 0) is 55.9 Å². The van der Waals surface area contributed by atoms with Crippen LogP contribution in [-0.4, -0.2) is 40.0 Å². The summed E-state index contributed by atoms with van der Waals surface area (Å²) in [4.78, 5) is 27.1. The monoisotopic (exact) mass is 432 g/mol. The molecule has 1 aliphatic heterocycles. The first kappa shape index (κ1) is 20.3. The Hall–Kier alpha value is -1.99. The molecule has 0 radical (unpaired) electrons. The Morgan fingerprint density at radius 3 is 2.62 bits per heavy atom. The van der Waals surface area contributed by atoms with E-state index in [1.54, 1.807) is 24.3 Å². The van der Waals surface area contributed by atoms with Gasteiger partial charge in [-0.2, -0.15) is 0 Å². The van der Waals surface area contributed by atoms with Gasteiger partial charge in [0.15, 0.2) is 0 Å². The zero-order valence-corrected chi connectivity index (χ0v) is 17.8. The molecule has 154 valence electrons. The maximum atomic E-state index is 12.7. The number of carbonyl (C=O) groups is 2. The van der Waals surface area contributed by atoms with Crippen LogP contribution in [0.15, 0.2) is 24.3 Å². The number of amides is 2. The largest absolute Gasteiger partial charge is 0.342 e. The van der Waals surface area contributed by atoms with Crippen molar-refractivity contribution in [2.75, 3.05) is 18.4 Å². The summed E-state index contributed by atoms with van der Waals surface area (Å²) in [5.41, 5.74) is 0.664. The maximum Gasteiger partial charge on any atom is 0.286 e. The van der Waals surface area contributed by atoms with Gasteiger partial charge >= 0.3 is 0 Å². The molecule has 1 aromatic carbocycles. The second-order valence-corrected chi connectivity index (χ2v) is 9.39. The molecule has 1 saturated heterocycles. The Kier molecular flexibility index (Phi) is 6.45. The number of piperidine rings is 1. The number of halogens is 1. The second-order valence-electron chi connectivity index (χ2n) is 7.94. The third-order valence-corrected chi connectivity index (χ3v) is 7.13. The van der Waals surface area contributed by atoms with Gasteiger partial charge in [0.2, 0.25) is 10.9 Å². The standard InChI is InChI=1S/C21H25ClN4O2S/c22-16-7-9-17(10-8-16)23-19(28)21-25-24-20(29-21)15-6-3-11-26(13-15)18(27)12-14-4-1-2-5-14/h7-10,14-15H,1-6,11-13H2,(H,23,28)/t15-/m1/s1. The molecule has 1 saturated carbocycles. The van der Waals surface area contributed by atoms with E-state index in [9.17, 15) is 9.59 Å². The number of nitrogens with zero attached hydrogens (tertiary/aromatic N) is 3. The molecule has 29 heavy (non-hydrogen) atoms. The molecule has 1 N–H and O–H groups in total. The second kappa shape index (κ2) is 9.22. The molecule has 1 aliphatic carbocycles. The number of anilines is 1. The maximum absolute atomic E-state index is 12.7.